The van der Waals surface area contributed by atoms with Crippen LogP contribution < -0.4 is 5.32 Å². The number of hydrogen-bond donors (Lipinski definition) is 1. The van der Waals surface area contributed by atoms with E-state index in [0.29, 0.717) is 17.2 Å². The second kappa shape index (κ2) is 6.64. The van der Waals surface area contributed by atoms with Crippen LogP contribution in [0.5, 0.6) is 0 Å². The third-order valence-electron chi connectivity index (χ3n) is 4.31. The van der Waals surface area contributed by atoms with Gasteiger partial charge in [-0.25, -0.2) is 13.8 Å². The Kier molecular flexibility index (Phi) is 4.16. The van der Waals surface area contributed by atoms with Gasteiger partial charge in [0, 0.05) is 11.8 Å². The van der Waals surface area contributed by atoms with Crippen molar-refractivity contribution in [1.29, 1.82) is 0 Å². The smallest absolute Gasteiger partial charge is 0.262 e. The number of amides is 1. The topological polar surface area (TPSA) is 46.4 Å². The van der Waals surface area contributed by atoms with Crippen LogP contribution in [-0.4, -0.2) is 15.3 Å². The molecule has 2 heterocycles. The first-order chi connectivity index (χ1) is 13.1. The molecule has 0 fully saturated rings. The number of benzene rings is 2. The quantitative estimate of drug-likeness (QED) is 0.566. The Hall–Kier alpha value is -3.54. The molecule has 4 nitrogen and oxygen atoms in total. The van der Waals surface area contributed by atoms with Crippen LogP contribution in [-0.2, 0) is 0 Å². The lowest BCUT2D eigenvalue weighted by molar-refractivity contribution is 0.101. The number of imidazole rings is 1. The first-order valence-corrected chi connectivity index (χ1v) is 8.34. The highest BCUT2D eigenvalue weighted by atomic mass is 19.1. The van der Waals surface area contributed by atoms with E-state index in [1.165, 1.54) is 6.07 Å². The van der Waals surface area contributed by atoms with Crippen LogP contribution in [0.2, 0.25) is 0 Å². The van der Waals surface area contributed by atoms with E-state index in [4.69, 9.17) is 0 Å². The van der Waals surface area contributed by atoms with Crippen molar-refractivity contribution in [3.8, 4) is 11.3 Å². The monoisotopic (exact) mass is 363 g/mol. The predicted octanol–water partition coefficient (Wildman–Crippen LogP) is 4.84. The summed E-state index contributed by atoms with van der Waals surface area (Å²) in [5, 5.41) is 2.64. The number of anilines is 1. The number of fused-ring (bicyclic) bond motifs is 1. The highest BCUT2D eigenvalue weighted by molar-refractivity contribution is 6.06. The number of carbonyl (C=O) groups excluding carboxylic acids is 1. The van der Waals surface area contributed by atoms with Gasteiger partial charge < -0.3 is 5.32 Å². The molecule has 134 valence electrons. The van der Waals surface area contributed by atoms with Gasteiger partial charge in [0.05, 0.1) is 0 Å². The zero-order chi connectivity index (χ0) is 19.0. The number of aryl methyl sites for hydroxylation is 1. The fourth-order valence-electron chi connectivity index (χ4n) is 3.01. The molecule has 4 rings (SSSR count). The second-order valence-electron chi connectivity index (χ2n) is 6.11. The Balaban J connectivity index is 1.88. The molecule has 0 atom stereocenters. The van der Waals surface area contributed by atoms with Crippen molar-refractivity contribution >= 4 is 17.4 Å². The van der Waals surface area contributed by atoms with Crippen molar-refractivity contribution in [3.05, 3.63) is 89.6 Å². The number of halogens is 2. The van der Waals surface area contributed by atoms with Crippen LogP contribution >= 0.6 is 0 Å². The van der Waals surface area contributed by atoms with Crippen molar-refractivity contribution in [2.45, 2.75) is 6.92 Å². The van der Waals surface area contributed by atoms with Crippen LogP contribution in [0.15, 0.2) is 66.9 Å². The molecule has 0 aliphatic carbocycles. The van der Waals surface area contributed by atoms with Gasteiger partial charge in [-0.05, 0) is 30.7 Å². The number of nitrogens with zero attached hydrogens (tertiary/aromatic N) is 2. The molecule has 0 aliphatic rings. The number of aromatic nitrogens is 2. The average molecular weight is 363 g/mol. The molecular formula is C21H15F2N3O. The first-order valence-electron chi connectivity index (χ1n) is 8.34. The Morgan fingerprint density at radius 2 is 1.67 bits per heavy atom. The molecule has 0 radical (unpaired) electrons. The van der Waals surface area contributed by atoms with Gasteiger partial charge in [-0.3, -0.25) is 9.20 Å². The largest absolute Gasteiger partial charge is 0.306 e. The van der Waals surface area contributed by atoms with E-state index in [9.17, 15) is 13.6 Å². The van der Waals surface area contributed by atoms with Crippen molar-refractivity contribution < 1.29 is 13.6 Å². The van der Waals surface area contributed by atoms with Gasteiger partial charge in [0.1, 0.15) is 34.4 Å². The van der Waals surface area contributed by atoms with E-state index in [1.807, 2.05) is 49.4 Å². The summed E-state index contributed by atoms with van der Waals surface area (Å²) < 4.78 is 29.7. The minimum absolute atomic E-state index is 0.354. The molecule has 0 aliphatic heterocycles. The fraction of sp³-hybridized carbons (Fsp3) is 0.0476. The molecule has 2 aromatic heterocycles. The van der Waals surface area contributed by atoms with E-state index >= 15 is 0 Å². The Labute approximate surface area is 154 Å². The van der Waals surface area contributed by atoms with Gasteiger partial charge >= 0.3 is 0 Å². The number of rotatable bonds is 3. The Morgan fingerprint density at radius 1 is 0.963 bits per heavy atom. The zero-order valence-corrected chi connectivity index (χ0v) is 14.4. The first kappa shape index (κ1) is 16.9. The molecule has 6 heteroatoms. The Morgan fingerprint density at radius 3 is 2.37 bits per heavy atom. The summed E-state index contributed by atoms with van der Waals surface area (Å²) in [6.07, 6.45) is 1.75. The average Bonchev–Trinajstić information content (AvgIpc) is 3.02. The number of nitrogens with one attached hydrogen (secondary N) is 1. The summed E-state index contributed by atoms with van der Waals surface area (Å²) >= 11 is 0. The van der Waals surface area contributed by atoms with Crippen molar-refractivity contribution in [2.24, 2.45) is 0 Å². The lowest BCUT2D eigenvalue weighted by atomic mass is 10.1. The molecule has 1 N–H and O–H groups in total. The standard InChI is InChI=1S/C21H15F2N3O/c1-13-7-6-12-26-19(13)24-18(14-8-3-2-4-9-14)20(26)25-21(27)17-15(22)10-5-11-16(17)23/h2-12H,1H3,(H,25,27). The summed E-state index contributed by atoms with van der Waals surface area (Å²) in [7, 11) is 0. The molecular weight excluding hydrogens is 348 g/mol. The molecule has 27 heavy (non-hydrogen) atoms. The van der Waals surface area contributed by atoms with E-state index < -0.39 is 23.1 Å². The number of pyridine rings is 1. The molecule has 1 amide bonds. The van der Waals surface area contributed by atoms with Gasteiger partial charge in [-0.15, -0.1) is 0 Å². The summed E-state index contributed by atoms with van der Waals surface area (Å²) in [4.78, 5) is 17.3. The van der Waals surface area contributed by atoms with Gasteiger partial charge in [0.2, 0.25) is 0 Å². The maximum Gasteiger partial charge on any atom is 0.262 e. The minimum Gasteiger partial charge on any atom is -0.306 e. The second-order valence-corrected chi connectivity index (χ2v) is 6.11. The van der Waals surface area contributed by atoms with Gasteiger partial charge in [0.15, 0.2) is 0 Å². The Bertz CT molecular complexity index is 1130. The number of carbonyl (C=O) groups is 1. The predicted molar refractivity (Wildman–Crippen MR) is 99.7 cm³/mol. The highest BCUT2D eigenvalue weighted by Gasteiger charge is 2.22. The highest BCUT2D eigenvalue weighted by Crippen LogP contribution is 2.30. The minimum atomic E-state index is -0.918. The molecule has 0 saturated carbocycles. The van der Waals surface area contributed by atoms with E-state index in [0.717, 1.165) is 23.3 Å². The summed E-state index contributed by atoms with van der Waals surface area (Å²) in [6, 6.07) is 16.3. The third kappa shape index (κ3) is 2.95. The summed E-state index contributed by atoms with van der Waals surface area (Å²) in [5.41, 5.74) is 2.24. The summed E-state index contributed by atoms with van der Waals surface area (Å²) in [6.45, 7) is 1.90. The number of hydrogen-bond acceptors (Lipinski definition) is 2. The van der Waals surface area contributed by atoms with E-state index in [1.54, 1.807) is 10.6 Å². The molecule has 0 spiro atoms. The van der Waals surface area contributed by atoms with Crippen molar-refractivity contribution in [1.82, 2.24) is 9.38 Å². The maximum atomic E-state index is 14.0. The lowest BCUT2D eigenvalue weighted by Gasteiger charge is -2.09. The summed E-state index contributed by atoms with van der Waals surface area (Å²) in [5.74, 6) is -2.35. The lowest BCUT2D eigenvalue weighted by Crippen LogP contribution is -2.17. The van der Waals surface area contributed by atoms with E-state index in [-0.39, 0.29) is 0 Å². The van der Waals surface area contributed by atoms with Gasteiger partial charge in [-0.2, -0.15) is 0 Å². The maximum absolute atomic E-state index is 14.0. The van der Waals surface area contributed by atoms with E-state index in [2.05, 4.69) is 10.3 Å². The van der Waals surface area contributed by atoms with Crippen molar-refractivity contribution in [2.75, 3.05) is 5.32 Å². The molecule has 0 saturated heterocycles. The normalized spacial score (nSPS) is 10.9. The molecule has 2 aromatic carbocycles. The van der Waals surface area contributed by atoms with Crippen LogP contribution in [0.3, 0.4) is 0 Å². The van der Waals surface area contributed by atoms with Crippen LogP contribution in [0.4, 0.5) is 14.6 Å². The fourth-order valence-corrected chi connectivity index (χ4v) is 3.01. The molecule has 4 aromatic rings. The van der Waals surface area contributed by atoms with Crippen molar-refractivity contribution in [3.63, 3.8) is 0 Å². The van der Waals surface area contributed by atoms with Gasteiger partial charge in [-0.1, -0.05) is 42.5 Å². The molecule has 0 unspecified atom stereocenters. The third-order valence-corrected chi connectivity index (χ3v) is 4.31. The van der Waals surface area contributed by atoms with Crippen LogP contribution in [0.25, 0.3) is 16.9 Å². The SMILES string of the molecule is Cc1cccn2c(NC(=O)c3c(F)cccc3F)c(-c3ccccc3)nc12. The van der Waals surface area contributed by atoms with Crippen LogP contribution in [0.1, 0.15) is 15.9 Å². The molecule has 0 bridgehead atoms. The van der Waals surface area contributed by atoms with Gasteiger partial charge in [0.25, 0.3) is 5.91 Å². The van der Waals surface area contributed by atoms with Crippen LogP contribution in [0, 0.1) is 18.6 Å². The zero-order valence-electron chi connectivity index (χ0n) is 14.4.